The van der Waals surface area contributed by atoms with Gasteiger partial charge in [-0.25, -0.2) is 0 Å². The number of ketones is 2. The first kappa shape index (κ1) is 30.2. The molecule has 3 aliphatic carbocycles. The molecule has 236 valence electrons. The maximum atomic E-state index is 14.2. The third-order valence-electron chi connectivity index (χ3n) is 9.99. The molecule has 1 saturated carbocycles. The number of phenolic OH excluding ortho intramolecular Hbond substituents is 1. The van der Waals surface area contributed by atoms with Crippen LogP contribution in [-0.2, 0) is 25.5 Å². The van der Waals surface area contributed by atoms with Crippen LogP contribution < -0.4 is 10.6 Å². The molecule has 5 aliphatic rings. The number of benzene rings is 1. The molecule has 2 heterocycles. The molecular weight excluding hydrogens is 568 g/mol. The van der Waals surface area contributed by atoms with Gasteiger partial charge in [-0.05, 0) is 76.5 Å². The zero-order valence-electron chi connectivity index (χ0n) is 25.5. The van der Waals surface area contributed by atoms with Gasteiger partial charge in [0.25, 0.3) is 5.91 Å². The van der Waals surface area contributed by atoms with Crippen molar-refractivity contribution in [2.24, 2.45) is 17.6 Å². The van der Waals surface area contributed by atoms with E-state index in [9.17, 15) is 34.8 Å². The number of likely N-dealkylation sites (tertiary alicyclic amines) is 1. The minimum absolute atomic E-state index is 0.0384. The number of Topliss-reactive ketones (excluding diaryl/α,β-unsaturated/α-hetero) is 2. The number of aromatic hydroxyl groups is 1. The van der Waals surface area contributed by atoms with E-state index in [-0.39, 0.29) is 29.7 Å². The van der Waals surface area contributed by atoms with Crippen molar-refractivity contribution in [3.05, 3.63) is 51.5 Å². The van der Waals surface area contributed by atoms with Crippen LogP contribution in [0.1, 0.15) is 48.5 Å². The Kier molecular flexibility index (Phi) is 7.29. The number of anilines is 1. The molecule has 6 N–H and O–H groups in total. The van der Waals surface area contributed by atoms with E-state index in [0.717, 1.165) is 37.4 Å². The van der Waals surface area contributed by atoms with E-state index < -0.39 is 64.1 Å². The number of rotatable bonds is 6. The first-order valence-corrected chi connectivity index (χ1v) is 15.1. The second-order valence-electron chi connectivity index (χ2n) is 13.0. The van der Waals surface area contributed by atoms with Crippen molar-refractivity contribution in [2.75, 3.05) is 52.7 Å². The molecular formula is C32H40N4O8. The largest absolute Gasteiger partial charge is 0.508 e. The van der Waals surface area contributed by atoms with Gasteiger partial charge in [-0.3, -0.25) is 24.2 Å². The van der Waals surface area contributed by atoms with E-state index in [1.54, 1.807) is 14.1 Å². The number of amides is 1. The summed E-state index contributed by atoms with van der Waals surface area (Å²) in [7, 11) is 6.85. The molecule has 1 amide bonds. The van der Waals surface area contributed by atoms with Gasteiger partial charge in [-0.1, -0.05) is 0 Å². The number of aliphatic hydroxyl groups excluding tert-OH is 2. The predicted molar refractivity (Wildman–Crippen MR) is 161 cm³/mol. The van der Waals surface area contributed by atoms with Crippen molar-refractivity contribution in [1.29, 1.82) is 0 Å². The first-order valence-electron chi connectivity index (χ1n) is 15.1. The second kappa shape index (κ2) is 10.6. The van der Waals surface area contributed by atoms with E-state index in [1.165, 1.54) is 4.90 Å². The number of likely N-dealkylation sites (N-methyl/N-ethyl adjacent to an activating group) is 1. The van der Waals surface area contributed by atoms with Crippen LogP contribution in [0.25, 0.3) is 5.76 Å². The predicted octanol–water partition coefficient (Wildman–Crippen LogP) is 1.47. The van der Waals surface area contributed by atoms with E-state index >= 15 is 0 Å². The highest BCUT2D eigenvalue weighted by Gasteiger charge is 2.64. The van der Waals surface area contributed by atoms with Gasteiger partial charge >= 0.3 is 0 Å². The number of hydrogen-bond acceptors (Lipinski definition) is 11. The van der Waals surface area contributed by atoms with Crippen LogP contribution in [0.5, 0.6) is 5.75 Å². The molecule has 6 rings (SSSR count). The minimum atomic E-state index is -2.68. The monoisotopic (exact) mass is 608 g/mol. The lowest BCUT2D eigenvalue weighted by molar-refractivity contribution is -0.153. The normalized spacial score (nSPS) is 30.3. The molecule has 0 radical (unpaired) electrons. The van der Waals surface area contributed by atoms with Crippen LogP contribution >= 0.6 is 0 Å². The van der Waals surface area contributed by atoms with E-state index in [1.807, 2.05) is 31.1 Å². The SMILES string of the molecule is CN(C)c1cc(C2CC=C(CN3CCCC3)O2)c(O)c2c1C[C@H]1C[C@H]3[C@H](N(C)C)C(=O)C(C(N)=O)=C(O)[C@@]3(O)C(=O)C1=C2O. The van der Waals surface area contributed by atoms with E-state index in [0.29, 0.717) is 24.1 Å². The summed E-state index contributed by atoms with van der Waals surface area (Å²) >= 11 is 0. The number of aliphatic hydroxyl groups is 3. The van der Waals surface area contributed by atoms with Crippen LogP contribution in [0.2, 0.25) is 0 Å². The standard InChI is InChI=1S/C32H40N4O8/c1-34(2)20-13-18(21-8-7-16(44-21)14-36-9-5-6-10-36)26(37)23-17(20)11-15-12-19-25(35(3)4)28(39)24(31(33)42)30(41)32(19,43)29(40)22(15)27(23)38/h7,13,15,19,21,25,37-38,41,43H,5-6,8-12,14H2,1-4H3,(H2,33,42)/t15-,19-,21?,25-,32-/m0/s1. The Morgan fingerprint density at radius 1 is 1.14 bits per heavy atom. The maximum absolute atomic E-state index is 14.2. The van der Waals surface area contributed by atoms with Gasteiger partial charge in [0.05, 0.1) is 18.2 Å². The summed E-state index contributed by atoms with van der Waals surface area (Å²) in [6.07, 6.45) is 4.61. The molecule has 1 unspecified atom stereocenters. The molecule has 2 fully saturated rings. The average molecular weight is 609 g/mol. The van der Waals surface area contributed by atoms with Crippen LogP contribution in [0, 0.1) is 11.8 Å². The summed E-state index contributed by atoms with van der Waals surface area (Å²) < 4.78 is 6.28. The number of carbonyl (C=O) groups is 3. The fourth-order valence-corrected chi connectivity index (χ4v) is 7.93. The molecule has 12 heteroatoms. The van der Waals surface area contributed by atoms with Crippen molar-refractivity contribution in [3.8, 4) is 5.75 Å². The minimum Gasteiger partial charge on any atom is -0.508 e. The summed E-state index contributed by atoms with van der Waals surface area (Å²) in [6, 6.07) is 0.726. The van der Waals surface area contributed by atoms with Crippen LogP contribution in [0.15, 0.2) is 34.8 Å². The highest BCUT2D eigenvalue weighted by molar-refractivity contribution is 6.24. The summed E-state index contributed by atoms with van der Waals surface area (Å²) in [5, 5.41) is 46.4. The average Bonchev–Trinajstić information content (AvgIpc) is 3.63. The van der Waals surface area contributed by atoms with Gasteiger partial charge in [0.1, 0.15) is 34.7 Å². The molecule has 1 aromatic carbocycles. The summed E-state index contributed by atoms with van der Waals surface area (Å²) in [5.41, 5.74) is 3.61. The molecule has 0 aromatic heterocycles. The quantitative estimate of drug-likeness (QED) is 0.296. The van der Waals surface area contributed by atoms with Gasteiger partial charge < -0.3 is 35.8 Å². The Hall–Kier alpha value is -3.87. The Bertz CT molecular complexity index is 1550. The lowest BCUT2D eigenvalue weighted by atomic mass is 9.57. The van der Waals surface area contributed by atoms with Crippen molar-refractivity contribution in [2.45, 2.75) is 49.9 Å². The summed E-state index contributed by atoms with van der Waals surface area (Å²) in [6.45, 7) is 2.72. The molecule has 2 aliphatic heterocycles. The van der Waals surface area contributed by atoms with Crippen molar-refractivity contribution >= 4 is 28.9 Å². The third-order valence-corrected chi connectivity index (χ3v) is 9.99. The number of fused-ring (bicyclic) bond motifs is 3. The highest BCUT2D eigenvalue weighted by Crippen LogP contribution is 2.55. The Morgan fingerprint density at radius 3 is 2.43 bits per heavy atom. The number of ether oxygens (including phenoxy) is 1. The van der Waals surface area contributed by atoms with Gasteiger partial charge in [-0.2, -0.15) is 0 Å². The van der Waals surface area contributed by atoms with Gasteiger partial charge in [0.2, 0.25) is 5.78 Å². The Balaban J connectivity index is 1.45. The number of carbonyl (C=O) groups excluding carboxylic acids is 3. The lowest BCUT2D eigenvalue weighted by Gasteiger charge is -2.50. The molecule has 1 aromatic rings. The van der Waals surface area contributed by atoms with Crippen molar-refractivity contribution < 1.29 is 39.5 Å². The number of primary amides is 1. The third kappa shape index (κ3) is 4.33. The maximum Gasteiger partial charge on any atom is 0.255 e. The summed E-state index contributed by atoms with van der Waals surface area (Å²) in [5.74, 6) is -5.83. The van der Waals surface area contributed by atoms with Gasteiger partial charge in [0.15, 0.2) is 11.4 Å². The van der Waals surface area contributed by atoms with Gasteiger partial charge in [0, 0.05) is 43.3 Å². The van der Waals surface area contributed by atoms with E-state index in [2.05, 4.69) is 4.90 Å². The Labute approximate surface area is 255 Å². The highest BCUT2D eigenvalue weighted by atomic mass is 16.5. The molecule has 0 bridgehead atoms. The first-order chi connectivity index (χ1) is 20.8. The summed E-state index contributed by atoms with van der Waals surface area (Å²) in [4.78, 5) is 45.4. The number of nitrogens with zero attached hydrogens (tertiary/aromatic N) is 3. The molecule has 12 nitrogen and oxygen atoms in total. The fraction of sp³-hybridized carbons (Fsp3) is 0.531. The van der Waals surface area contributed by atoms with Crippen LogP contribution in [0.4, 0.5) is 5.69 Å². The smallest absolute Gasteiger partial charge is 0.255 e. The zero-order valence-corrected chi connectivity index (χ0v) is 25.5. The Morgan fingerprint density at radius 2 is 1.82 bits per heavy atom. The fourth-order valence-electron chi connectivity index (χ4n) is 7.93. The number of phenols is 1. The zero-order chi connectivity index (χ0) is 31.8. The lowest BCUT2D eigenvalue weighted by Crippen LogP contribution is -2.65. The van der Waals surface area contributed by atoms with Gasteiger partial charge in [-0.15, -0.1) is 0 Å². The van der Waals surface area contributed by atoms with Crippen LogP contribution in [-0.4, -0.2) is 107 Å². The van der Waals surface area contributed by atoms with E-state index in [4.69, 9.17) is 10.5 Å². The topological polar surface area (TPSA) is 177 Å². The second-order valence-corrected chi connectivity index (χ2v) is 13.0. The molecule has 44 heavy (non-hydrogen) atoms. The van der Waals surface area contributed by atoms with Crippen molar-refractivity contribution in [1.82, 2.24) is 9.80 Å². The number of hydrogen-bond donors (Lipinski definition) is 5. The molecule has 1 saturated heterocycles. The molecule has 0 spiro atoms. The number of nitrogens with two attached hydrogens (primary N) is 1. The van der Waals surface area contributed by atoms with Crippen LogP contribution in [0.3, 0.4) is 0 Å². The van der Waals surface area contributed by atoms with Crippen molar-refractivity contribution in [3.63, 3.8) is 0 Å². The molecule has 5 atom stereocenters.